The third-order valence-electron chi connectivity index (χ3n) is 3.36. The number of rotatable bonds is 13. The summed E-state index contributed by atoms with van der Waals surface area (Å²) in [6, 6.07) is 0.760. The van der Waals surface area contributed by atoms with Crippen LogP contribution in [0.4, 0.5) is 0 Å². The molecular weight excluding hydrogens is 272 g/mol. The van der Waals surface area contributed by atoms with E-state index in [9.17, 15) is 4.79 Å². The molecule has 0 aromatic rings. The van der Waals surface area contributed by atoms with Crippen molar-refractivity contribution < 1.29 is 18.1 Å². The predicted octanol–water partition coefficient (Wildman–Crippen LogP) is 3.74. The fraction of sp³-hybridized carbons (Fsp3) is 0.800. The minimum Gasteiger partial charge on any atom is -0.377 e. The molecule has 0 bridgehead atoms. The molecule has 0 saturated carbocycles. The molecule has 0 N–H and O–H groups in total. The van der Waals surface area contributed by atoms with Crippen molar-refractivity contribution in [3.05, 3.63) is 12.2 Å². The molecule has 0 amide bonds. The van der Waals surface area contributed by atoms with Gasteiger partial charge in [-0.2, -0.15) is 0 Å². The summed E-state index contributed by atoms with van der Waals surface area (Å²) in [4.78, 5) is 11.6. The molecule has 118 valence electrons. The normalized spacial score (nSPS) is 11.6. The summed E-state index contributed by atoms with van der Waals surface area (Å²) in [6.45, 7) is 7.51. The van der Waals surface area contributed by atoms with E-state index in [1.807, 2.05) is 0 Å². The summed E-state index contributed by atoms with van der Waals surface area (Å²) in [5.74, 6) is -0.0982. The topological polar surface area (TPSA) is 44.8 Å². The van der Waals surface area contributed by atoms with Gasteiger partial charge in [0.1, 0.15) is 6.61 Å². The second-order valence-electron chi connectivity index (χ2n) is 5.10. The Kier molecular flexibility index (Phi) is 10.9. The van der Waals surface area contributed by atoms with E-state index in [0.29, 0.717) is 5.57 Å². The van der Waals surface area contributed by atoms with Gasteiger partial charge in [0, 0.05) is 20.3 Å². The maximum Gasteiger partial charge on any atom is 0.500 e. The smallest absolute Gasteiger partial charge is 0.377 e. The van der Waals surface area contributed by atoms with Gasteiger partial charge in [-0.3, -0.25) is 4.79 Å². The standard InChI is InChI=1S/C15H30O4Si/c1-6-7-8-9-10-11-12-20(17-4,18-5)19-13-15(16)14(2)3/h2,6-13H2,1,3-5H3. The van der Waals surface area contributed by atoms with E-state index < -0.39 is 8.80 Å². The van der Waals surface area contributed by atoms with Crippen LogP contribution in [0.3, 0.4) is 0 Å². The van der Waals surface area contributed by atoms with Crippen LogP contribution in [-0.2, 0) is 18.1 Å². The largest absolute Gasteiger partial charge is 0.500 e. The summed E-state index contributed by atoms with van der Waals surface area (Å²) in [5.41, 5.74) is 0.500. The third kappa shape index (κ3) is 7.94. The van der Waals surface area contributed by atoms with Gasteiger partial charge in [-0.05, 0) is 18.9 Å². The molecule has 0 aliphatic carbocycles. The van der Waals surface area contributed by atoms with Gasteiger partial charge in [-0.1, -0.05) is 45.6 Å². The lowest BCUT2D eigenvalue weighted by molar-refractivity contribution is -0.118. The molecule has 0 unspecified atom stereocenters. The molecule has 0 aliphatic heterocycles. The molecule has 0 radical (unpaired) electrons. The number of hydrogen-bond acceptors (Lipinski definition) is 4. The maximum atomic E-state index is 11.6. The van der Waals surface area contributed by atoms with E-state index in [2.05, 4.69) is 13.5 Å². The van der Waals surface area contributed by atoms with Gasteiger partial charge >= 0.3 is 8.80 Å². The Morgan fingerprint density at radius 1 is 1.05 bits per heavy atom. The number of hydrogen-bond donors (Lipinski definition) is 0. The van der Waals surface area contributed by atoms with Crippen LogP contribution in [0.5, 0.6) is 0 Å². The number of ketones is 1. The molecule has 0 aliphatic rings. The first-order chi connectivity index (χ1) is 9.51. The van der Waals surface area contributed by atoms with E-state index >= 15 is 0 Å². The quantitative estimate of drug-likeness (QED) is 0.295. The molecule has 4 nitrogen and oxygen atoms in total. The Hall–Kier alpha value is -0.493. The van der Waals surface area contributed by atoms with Gasteiger partial charge in [0.2, 0.25) is 0 Å². The molecule has 0 saturated heterocycles. The van der Waals surface area contributed by atoms with E-state index in [0.717, 1.165) is 18.9 Å². The van der Waals surface area contributed by atoms with E-state index in [4.69, 9.17) is 13.3 Å². The third-order valence-corrected chi connectivity index (χ3v) is 6.15. The van der Waals surface area contributed by atoms with Crippen LogP contribution in [-0.4, -0.2) is 35.4 Å². The van der Waals surface area contributed by atoms with Gasteiger partial charge in [-0.15, -0.1) is 0 Å². The first kappa shape index (κ1) is 19.5. The van der Waals surface area contributed by atoms with Crippen molar-refractivity contribution in [3.8, 4) is 0 Å². The number of carbonyl (C=O) groups excluding carboxylic acids is 1. The maximum absolute atomic E-state index is 11.6. The van der Waals surface area contributed by atoms with Crippen LogP contribution in [0.2, 0.25) is 6.04 Å². The molecule has 20 heavy (non-hydrogen) atoms. The number of Topliss-reactive ketones (excluding diaryl/α,β-unsaturated/α-hetero) is 1. The van der Waals surface area contributed by atoms with Crippen molar-refractivity contribution in [1.29, 1.82) is 0 Å². The lowest BCUT2D eigenvalue weighted by Gasteiger charge is -2.26. The Morgan fingerprint density at radius 2 is 1.60 bits per heavy atom. The molecular formula is C15H30O4Si. The Morgan fingerprint density at radius 3 is 2.10 bits per heavy atom. The highest BCUT2D eigenvalue weighted by Gasteiger charge is 2.38. The summed E-state index contributed by atoms with van der Waals surface area (Å²) in [7, 11) is 0.508. The van der Waals surface area contributed by atoms with Gasteiger partial charge in [0.15, 0.2) is 5.78 Å². The van der Waals surface area contributed by atoms with Gasteiger partial charge in [-0.25, -0.2) is 0 Å². The second kappa shape index (κ2) is 11.2. The van der Waals surface area contributed by atoms with Crippen molar-refractivity contribution in [1.82, 2.24) is 0 Å². The predicted molar refractivity (Wildman–Crippen MR) is 83.7 cm³/mol. The van der Waals surface area contributed by atoms with Crippen molar-refractivity contribution in [2.45, 2.75) is 58.4 Å². The highest BCUT2D eigenvalue weighted by Crippen LogP contribution is 2.19. The van der Waals surface area contributed by atoms with Crippen LogP contribution in [0.1, 0.15) is 52.4 Å². The van der Waals surface area contributed by atoms with Crippen LogP contribution in [0.25, 0.3) is 0 Å². The summed E-state index contributed by atoms with van der Waals surface area (Å²) in [6.07, 6.45) is 7.22. The highest BCUT2D eigenvalue weighted by molar-refractivity contribution is 6.60. The zero-order valence-electron chi connectivity index (χ0n) is 13.5. The zero-order chi connectivity index (χ0) is 15.4. The molecule has 5 heteroatoms. The van der Waals surface area contributed by atoms with Crippen LogP contribution in [0.15, 0.2) is 12.2 Å². The highest BCUT2D eigenvalue weighted by atomic mass is 28.4. The molecule has 0 atom stereocenters. The van der Waals surface area contributed by atoms with Crippen molar-refractivity contribution in [2.24, 2.45) is 0 Å². The Bertz CT molecular complexity index is 288. The van der Waals surface area contributed by atoms with E-state index in [1.165, 1.54) is 25.7 Å². The van der Waals surface area contributed by atoms with E-state index in [-0.39, 0.29) is 12.4 Å². The lowest BCUT2D eigenvalue weighted by Crippen LogP contribution is -2.45. The number of carbonyl (C=O) groups is 1. The molecule has 0 aromatic heterocycles. The van der Waals surface area contributed by atoms with Crippen molar-refractivity contribution in [3.63, 3.8) is 0 Å². The Labute approximate surface area is 124 Å². The molecule has 0 rings (SSSR count). The first-order valence-corrected chi connectivity index (χ1v) is 9.37. The van der Waals surface area contributed by atoms with E-state index in [1.54, 1.807) is 21.1 Å². The van der Waals surface area contributed by atoms with Gasteiger partial charge in [0.05, 0.1) is 0 Å². The minimum absolute atomic E-state index is 0.000922. The molecule has 0 spiro atoms. The van der Waals surface area contributed by atoms with Crippen LogP contribution in [0, 0.1) is 0 Å². The minimum atomic E-state index is -2.68. The van der Waals surface area contributed by atoms with Crippen molar-refractivity contribution in [2.75, 3.05) is 20.8 Å². The fourth-order valence-electron chi connectivity index (χ4n) is 1.90. The summed E-state index contributed by atoms with van der Waals surface area (Å²) in [5, 5.41) is 0. The van der Waals surface area contributed by atoms with Crippen LogP contribution < -0.4 is 0 Å². The molecule has 0 fully saturated rings. The summed E-state index contributed by atoms with van der Waals surface area (Å²) < 4.78 is 16.6. The lowest BCUT2D eigenvalue weighted by atomic mass is 10.1. The van der Waals surface area contributed by atoms with Gasteiger partial charge < -0.3 is 13.3 Å². The first-order valence-electron chi connectivity index (χ1n) is 7.44. The molecule has 0 aromatic carbocycles. The molecule has 0 heterocycles. The Balaban J connectivity index is 4.11. The number of unbranched alkanes of at least 4 members (excludes halogenated alkanes) is 5. The average Bonchev–Trinajstić information content (AvgIpc) is 2.45. The van der Waals surface area contributed by atoms with Crippen LogP contribution >= 0.6 is 0 Å². The SMILES string of the molecule is C=C(C)C(=O)CO[Si](CCCCCCCC)(OC)OC. The summed E-state index contributed by atoms with van der Waals surface area (Å²) >= 11 is 0. The monoisotopic (exact) mass is 302 g/mol. The second-order valence-corrected chi connectivity index (χ2v) is 8.07. The van der Waals surface area contributed by atoms with Gasteiger partial charge in [0.25, 0.3) is 0 Å². The fourth-order valence-corrected chi connectivity index (χ4v) is 3.89. The average molecular weight is 302 g/mol. The van der Waals surface area contributed by atoms with Crippen molar-refractivity contribution >= 4 is 14.6 Å². The zero-order valence-corrected chi connectivity index (χ0v) is 14.5.